The molecule has 1 aromatic heterocycles. The number of nitrogens with one attached hydrogen (secondary N) is 1. The van der Waals surface area contributed by atoms with E-state index in [4.69, 9.17) is 4.84 Å². The molecule has 0 atom stereocenters. The Hall–Kier alpha value is -3.03. The second kappa shape index (κ2) is 9.19. The lowest BCUT2D eigenvalue weighted by Gasteiger charge is -2.21. The maximum atomic E-state index is 13.3. The van der Waals surface area contributed by atoms with E-state index >= 15 is 0 Å². The second-order valence-corrected chi connectivity index (χ2v) is 7.65. The van der Waals surface area contributed by atoms with Gasteiger partial charge in [0.1, 0.15) is 6.33 Å². The van der Waals surface area contributed by atoms with Gasteiger partial charge in [0, 0.05) is 18.2 Å². The molecule has 0 unspecified atom stereocenters. The van der Waals surface area contributed by atoms with Gasteiger partial charge >= 0.3 is 0 Å². The van der Waals surface area contributed by atoms with Crippen LogP contribution in [0.3, 0.4) is 0 Å². The zero-order chi connectivity index (χ0) is 21.8. The van der Waals surface area contributed by atoms with Gasteiger partial charge in [0.2, 0.25) is 0 Å². The molecule has 7 heteroatoms. The van der Waals surface area contributed by atoms with Crippen molar-refractivity contribution in [1.29, 1.82) is 0 Å². The van der Waals surface area contributed by atoms with E-state index < -0.39 is 0 Å². The minimum absolute atomic E-state index is 0.167. The number of fused-ring (bicyclic) bond motifs is 1. The van der Waals surface area contributed by atoms with Crippen molar-refractivity contribution in [2.24, 2.45) is 0 Å². The van der Waals surface area contributed by atoms with Gasteiger partial charge in [-0.05, 0) is 70.1 Å². The number of hydrogen-bond donors (Lipinski definition) is 1. The molecule has 0 radical (unpaired) electrons. The maximum Gasteiger partial charge on any atom is 0.274 e. The Balaban J connectivity index is 2.05. The van der Waals surface area contributed by atoms with Crippen molar-refractivity contribution in [3.05, 3.63) is 69.8 Å². The van der Waals surface area contributed by atoms with Gasteiger partial charge in [0.25, 0.3) is 11.5 Å². The topological polar surface area (TPSA) is 76.5 Å². The van der Waals surface area contributed by atoms with Crippen LogP contribution in [0.25, 0.3) is 16.6 Å². The number of hydrogen-bond acceptors (Lipinski definition) is 5. The zero-order valence-corrected chi connectivity index (χ0v) is 18.1. The van der Waals surface area contributed by atoms with E-state index in [1.54, 1.807) is 25.1 Å². The molecule has 0 fully saturated rings. The van der Waals surface area contributed by atoms with Crippen molar-refractivity contribution in [2.45, 2.75) is 40.3 Å². The third-order valence-electron chi connectivity index (χ3n) is 5.18. The quantitative estimate of drug-likeness (QED) is 0.608. The molecule has 0 spiro atoms. The van der Waals surface area contributed by atoms with E-state index in [-0.39, 0.29) is 11.5 Å². The zero-order valence-electron chi connectivity index (χ0n) is 18.1. The number of aromatic nitrogens is 2. The third kappa shape index (κ3) is 4.58. The molecule has 0 saturated heterocycles. The molecule has 7 nitrogen and oxygen atoms in total. The average Bonchev–Trinajstić information content (AvgIpc) is 2.73. The maximum absolute atomic E-state index is 13.3. The van der Waals surface area contributed by atoms with Crippen LogP contribution in [-0.4, -0.2) is 40.1 Å². The van der Waals surface area contributed by atoms with Crippen LogP contribution in [0.2, 0.25) is 0 Å². The predicted octanol–water partition coefficient (Wildman–Crippen LogP) is 3.22. The van der Waals surface area contributed by atoms with E-state index in [9.17, 15) is 9.59 Å². The molecule has 1 heterocycles. The Morgan fingerprint density at radius 1 is 1.23 bits per heavy atom. The molecule has 0 bridgehead atoms. The van der Waals surface area contributed by atoms with E-state index in [0.717, 1.165) is 17.7 Å². The SMILES string of the molecule is CCONC(=O)c1ccc(C)c(-n2cnc3ccc(CN(C)C(C)C)cc3c2=O)c1. The Morgan fingerprint density at radius 3 is 2.70 bits per heavy atom. The van der Waals surface area contributed by atoms with Crippen LogP contribution in [0.15, 0.2) is 47.5 Å². The highest BCUT2D eigenvalue weighted by Crippen LogP contribution is 2.18. The van der Waals surface area contributed by atoms with Gasteiger partial charge in [0.05, 0.1) is 23.2 Å². The first-order valence-electron chi connectivity index (χ1n) is 10.1. The van der Waals surface area contributed by atoms with Crippen molar-refractivity contribution < 1.29 is 9.63 Å². The fourth-order valence-electron chi connectivity index (χ4n) is 3.12. The Kier molecular flexibility index (Phi) is 6.64. The van der Waals surface area contributed by atoms with Crippen LogP contribution in [0, 0.1) is 6.92 Å². The van der Waals surface area contributed by atoms with Gasteiger partial charge in [-0.15, -0.1) is 0 Å². The fraction of sp³-hybridized carbons (Fsp3) is 0.348. The lowest BCUT2D eigenvalue weighted by atomic mass is 10.1. The Bertz CT molecular complexity index is 1120. The molecule has 0 aliphatic rings. The van der Waals surface area contributed by atoms with Gasteiger partial charge in [-0.1, -0.05) is 12.1 Å². The average molecular weight is 409 g/mol. The highest BCUT2D eigenvalue weighted by atomic mass is 16.6. The number of rotatable bonds is 7. The minimum Gasteiger partial charge on any atom is -0.300 e. The lowest BCUT2D eigenvalue weighted by Crippen LogP contribution is -2.26. The summed E-state index contributed by atoms with van der Waals surface area (Å²) in [5.74, 6) is -0.362. The number of benzene rings is 2. The van der Waals surface area contributed by atoms with Crippen molar-refractivity contribution in [1.82, 2.24) is 19.9 Å². The second-order valence-electron chi connectivity index (χ2n) is 7.65. The first-order chi connectivity index (χ1) is 14.3. The van der Waals surface area contributed by atoms with Crippen LogP contribution >= 0.6 is 0 Å². The van der Waals surface area contributed by atoms with E-state index in [1.165, 1.54) is 10.9 Å². The summed E-state index contributed by atoms with van der Waals surface area (Å²) in [5, 5.41) is 0.552. The Labute approximate surface area is 176 Å². The van der Waals surface area contributed by atoms with Gasteiger partial charge in [-0.3, -0.25) is 23.9 Å². The van der Waals surface area contributed by atoms with Crippen molar-refractivity contribution in [3.8, 4) is 5.69 Å². The van der Waals surface area contributed by atoms with Gasteiger partial charge in [0.15, 0.2) is 0 Å². The predicted molar refractivity (Wildman–Crippen MR) is 118 cm³/mol. The molecular weight excluding hydrogens is 380 g/mol. The summed E-state index contributed by atoms with van der Waals surface area (Å²) in [6, 6.07) is 11.4. The van der Waals surface area contributed by atoms with Gasteiger partial charge in [-0.2, -0.15) is 0 Å². The van der Waals surface area contributed by atoms with E-state index in [1.807, 2.05) is 25.1 Å². The number of carbonyl (C=O) groups excluding carboxylic acids is 1. The number of carbonyl (C=O) groups is 1. The van der Waals surface area contributed by atoms with Crippen LogP contribution in [0.1, 0.15) is 42.3 Å². The summed E-state index contributed by atoms with van der Waals surface area (Å²) < 4.78 is 1.49. The molecule has 0 aliphatic carbocycles. The summed E-state index contributed by atoms with van der Waals surface area (Å²) in [6.07, 6.45) is 1.51. The number of nitrogens with zero attached hydrogens (tertiary/aromatic N) is 3. The number of amides is 1. The molecule has 0 saturated carbocycles. The highest BCUT2D eigenvalue weighted by molar-refractivity contribution is 5.94. The minimum atomic E-state index is -0.362. The smallest absolute Gasteiger partial charge is 0.274 e. The summed E-state index contributed by atoms with van der Waals surface area (Å²) in [7, 11) is 2.05. The van der Waals surface area contributed by atoms with Crippen LogP contribution < -0.4 is 11.0 Å². The molecule has 1 N–H and O–H groups in total. The van der Waals surface area contributed by atoms with E-state index in [2.05, 4.69) is 36.3 Å². The van der Waals surface area contributed by atoms with Crippen molar-refractivity contribution in [2.75, 3.05) is 13.7 Å². The Morgan fingerprint density at radius 2 is 2.00 bits per heavy atom. The van der Waals surface area contributed by atoms with E-state index in [0.29, 0.717) is 34.8 Å². The summed E-state index contributed by atoms with van der Waals surface area (Å²) in [6.45, 7) is 9.06. The van der Waals surface area contributed by atoms with Gasteiger partial charge < -0.3 is 0 Å². The number of aryl methyl sites for hydroxylation is 1. The molecule has 3 aromatic rings. The molecule has 2 aromatic carbocycles. The molecule has 3 rings (SSSR count). The normalized spacial score (nSPS) is 11.4. The molecule has 158 valence electrons. The molecule has 1 amide bonds. The summed E-state index contributed by atoms with van der Waals surface area (Å²) in [4.78, 5) is 37.2. The third-order valence-corrected chi connectivity index (χ3v) is 5.18. The highest BCUT2D eigenvalue weighted by Gasteiger charge is 2.13. The lowest BCUT2D eigenvalue weighted by molar-refractivity contribution is 0.0364. The van der Waals surface area contributed by atoms with Crippen LogP contribution in [0.5, 0.6) is 0 Å². The molecule has 30 heavy (non-hydrogen) atoms. The molecular formula is C23H28N4O3. The first-order valence-corrected chi connectivity index (χ1v) is 10.1. The largest absolute Gasteiger partial charge is 0.300 e. The number of hydroxylamine groups is 1. The fourth-order valence-corrected chi connectivity index (χ4v) is 3.12. The van der Waals surface area contributed by atoms with Crippen molar-refractivity contribution in [3.63, 3.8) is 0 Å². The van der Waals surface area contributed by atoms with Crippen LogP contribution in [0.4, 0.5) is 0 Å². The summed E-state index contributed by atoms with van der Waals surface area (Å²) >= 11 is 0. The monoisotopic (exact) mass is 408 g/mol. The standard InChI is InChI=1S/C23H28N4O3/c1-6-30-25-22(28)18-9-7-16(4)21(12-18)27-14-24-20-10-8-17(11-19(20)23(27)29)13-26(5)15(2)3/h7-12,14-15H,6,13H2,1-5H3,(H,25,28). The molecule has 0 aliphatic heterocycles. The summed E-state index contributed by atoms with van der Waals surface area (Å²) in [5.41, 5.74) is 5.80. The first kappa shape index (κ1) is 21.7. The van der Waals surface area contributed by atoms with Crippen LogP contribution in [-0.2, 0) is 11.4 Å². The van der Waals surface area contributed by atoms with Crippen molar-refractivity contribution >= 4 is 16.8 Å². The van der Waals surface area contributed by atoms with Gasteiger partial charge in [-0.25, -0.2) is 10.5 Å².